The lowest BCUT2D eigenvalue weighted by Gasteiger charge is -2.30. The Morgan fingerprint density at radius 3 is 2.95 bits per heavy atom. The quantitative estimate of drug-likeness (QED) is 0.774. The van der Waals surface area contributed by atoms with E-state index in [1.807, 2.05) is 0 Å². The number of ether oxygens (including phenoxy) is 1. The van der Waals surface area contributed by atoms with Gasteiger partial charge in [-0.3, -0.25) is 9.69 Å². The minimum atomic E-state index is -0.536. The van der Waals surface area contributed by atoms with E-state index in [2.05, 4.69) is 9.88 Å². The van der Waals surface area contributed by atoms with Gasteiger partial charge in [0, 0.05) is 45.6 Å². The van der Waals surface area contributed by atoms with Crippen molar-refractivity contribution in [2.24, 2.45) is 0 Å². The highest BCUT2D eigenvalue weighted by Gasteiger charge is 2.19. The molecule has 2 N–H and O–H groups in total. The van der Waals surface area contributed by atoms with Crippen LogP contribution in [-0.2, 0) is 4.74 Å². The smallest absolute Gasteiger partial charge is 0.255 e. The number of aromatic amines is 1. The highest BCUT2D eigenvalue weighted by Crippen LogP contribution is 2.04. The van der Waals surface area contributed by atoms with Crippen molar-refractivity contribution in [3.63, 3.8) is 0 Å². The highest BCUT2D eigenvalue weighted by atomic mass is 16.5. The topological polar surface area (TPSA) is 68.8 Å². The zero-order valence-electron chi connectivity index (χ0n) is 11.2. The average Bonchev–Trinajstić information content (AvgIpc) is 2.92. The predicted molar refractivity (Wildman–Crippen MR) is 71.0 cm³/mol. The molecule has 0 unspecified atom stereocenters. The van der Waals surface area contributed by atoms with Gasteiger partial charge in [-0.05, 0) is 6.07 Å². The van der Waals surface area contributed by atoms with Crippen LogP contribution in [0.4, 0.5) is 0 Å². The molecule has 1 amide bonds. The van der Waals surface area contributed by atoms with Crippen molar-refractivity contribution in [1.29, 1.82) is 0 Å². The summed E-state index contributed by atoms with van der Waals surface area (Å²) in [6.45, 7) is 4.02. The van der Waals surface area contributed by atoms with Crippen molar-refractivity contribution in [2.45, 2.75) is 6.10 Å². The fourth-order valence-corrected chi connectivity index (χ4v) is 2.22. The molecule has 1 atom stereocenters. The number of likely N-dealkylation sites (N-methyl/N-ethyl adjacent to an activating group) is 1. The molecule has 106 valence electrons. The molecule has 1 aromatic rings. The Labute approximate surface area is 113 Å². The van der Waals surface area contributed by atoms with Crippen molar-refractivity contribution in [3.8, 4) is 0 Å². The van der Waals surface area contributed by atoms with Crippen LogP contribution in [0.25, 0.3) is 0 Å². The number of nitrogens with zero attached hydrogens (tertiary/aromatic N) is 2. The molecule has 6 nitrogen and oxygen atoms in total. The van der Waals surface area contributed by atoms with Gasteiger partial charge >= 0.3 is 0 Å². The molecule has 0 bridgehead atoms. The van der Waals surface area contributed by atoms with Gasteiger partial charge in [0.15, 0.2) is 0 Å². The first-order valence-corrected chi connectivity index (χ1v) is 6.53. The Morgan fingerprint density at radius 2 is 2.32 bits per heavy atom. The summed E-state index contributed by atoms with van der Waals surface area (Å²) in [5.74, 6) is -0.0812. The minimum absolute atomic E-state index is 0.0812. The lowest BCUT2D eigenvalue weighted by Crippen LogP contribution is -2.45. The number of morpholine rings is 1. The Balaban J connectivity index is 1.77. The van der Waals surface area contributed by atoms with Crippen LogP contribution in [0.2, 0.25) is 0 Å². The van der Waals surface area contributed by atoms with E-state index >= 15 is 0 Å². The lowest BCUT2D eigenvalue weighted by molar-refractivity contribution is 0.00879. The van der Waals surface area contributed by atoms with E-state index in [0.717, 1.165) is 13.1 Å². The van der Waals surface area contributed by atoms with E-state index in [9.17, 15) is 9.90 Å². The summed E-state index contributed by atoms with van der Waals surface area (Å²) in [4.78, 5) is 18.6. The van der Waals surface area contributed by atoms with Gasteiger partial charge in [-0.15, -0.1) is 0 Å². The highest BCUT2D eigenvalue weighted by molar-refractivity contribution is 5.93. The summed E-state index contributed by atoms with van der Waals surface area (Å²) in [6, 6.07) is 1.73. The van der Waals surface area contributed by atoms with Crippen molar-refractivity contribution >= 4 is 5.91 Å². The molecule has 1 aromatic heterocycles. The Morgan fingerprint density at radius 1 is 1.58 bits per heavy atom. The minimum Gasteiger partial charge on any atom is -0.390 e. The second-order valence-corrected chi connectivity index (χ2v) is 4.85. The molecule has 1 saturated heterocycles. The van der Waals surface area contributed by atoms with Crippen molar-refractivity contribution < 1.29 is 14.6 Å². The number of hydrogen-bond acceptors (Lipinski definition) is 4. The number of β-amino-alcohol motifs (C(OH)–C–C–N with tert-alkyl or cyclic N) is 1. The number of aliphatic hydroxyl groups excluding tert-OH is 1. The molecule has 1 aliphatic heterocycles. The predicted octanol–water partition coefficient (Wildman–Crippen LogP) is -0.220. The van der Waals surface area contributed by atoms with Gasteiger partial charge in [-0.2, -0.15) is 0 Å². The summed E-state index contributed by atoms with van der Waals surface area (Å²) in [5.41, 5.74) is 0.612. The molecule has 6 heteroatoms. The molecule has 0 aromatic carbocycles. The number of hydrogen-bond donors (Lipinski definition) is 2. The maximum absolute atomic E-state index is 12.0. The largest absolute Gasteiger partial charge is 0.390 e. The Bertz CT molecular complexity index is 388. The molecule has 0 saturated carbocycles. The number of nitrogens with one attached hydrogen (secondary N) is 1. The van der Waals surface area contributed by atoms with Gasteiger partial charge < -0.3 is 19.7 Å². The standard InChI is InChI=1S/C13H21N3O3/c1-15(13(18)11-2-3-14-8-11)9-12(17)10-16-4-6-19-7-5-16/h2-3,8,12,14,17H,4-7,9-10H2,1H3/t12-/m1/s1. The Hall–Kier alpha value is -1.37. The van der Waals surface area contributed by atoms with E-state index < -0.39 is 6.10 Å². The average molecular weight is 267 g/mol. The van der Waals surface area contributed by atoms with Crippen LogP contribution < -0.4 is 0 Å². The molecule has 1 aliphatic rings. The molecule has 19 heavy (non-hydrogen) atoms. The van der Waals surface area contributed by atoms with Crippen LogP contribution in [0.3, 0.4) is 0 Å². The van der Waals surface area contributed by atoms with Crippen LogP contribution in [0.15, 0.2) is 18.5 Å². The zero-order chi connectivity index (χ0) is 13.7. The maximum Gasteiger partial charge on any atom is 0.255 e. The van der Waals surface area contributed by atoms with Crippen LogP contribution in [-0.4, -0.2) is 78.3 Å². The SMILES string of the molecule is CN(C[C@@H](O)CN1CCOCC1)C(=O)c1cc[nH]c1. The van der Waals surface area contributed by atoms with E-state index in [1.165, 1.54) is 0 Å². The van der Waals surface area contributed by atoms with Crippen molar-refractivity contribution in [1.82, 2.24) is 14.8 Å². The summed E-state index contributed by atoms with van der Waals surface area (Å²) in [5, 5.41) is 10.0. The second-order valence-electron chi connectivity index (χ2n) is 4.85. The molecule has 0 radical (unpaired) electrons. The molecule has 0 aliphatic carbocycles. The van der Waals surface area contributed by atoms with Gasteiger partial charge in [-0.1, -0.05) is 0 Å². The molecular formula is C13H21N3O3. The normalized spacial score (nSPS) is 18.2. The summed E-state index contributed by atoms with van der Waals surface area (Å²) in [6.07, 6.45) is 2.84. The number of carbonyl (C=O) groups is 1. The van der Waals surface area contributed by atoms with Crippen LogP contribution in [0.5, 0.6) is 0 Å². The van der Waals surface area contributed by atoms with E-state index in [1.54, 1.807) is 30.4 Å². The Kier molecular flexibility index (Phi) is 4.95. The van der Waals surface area contributed by atoms with Gasteiger partial charge in [0.05, 0.1) is 24.9 Å². The van der Waals surface area contributed by atoms with Gasteiger partial charge in [0.25, 0.3) is 5.91 Å². The summed E-state index contributed by atoms with van der Waals surface area (Å²) < 4.78 is 5.26. The first-order chi connectivity index (χ1) is 9.16. The maximum atomic E-state index is 12.0. The van der Waals surface area contributed by atoms with Gasteiger partial charge in [-0.25, -0.2) is 0 Å². The second kappa shape index (κ2) is 6.70. The first kappa shape index (κ1) is 14.0. The fraction of sp³-hybridized carbons (Fsp3) is 0.615. The summed E-state index contributed by atoms with van der Waals surface area (Å²) >= 11 is 0. The first-order valence-electron chi connectivity index (χ1n) is 6.53. The molecule has 2 rings (SSSR count). The zero-order valence-corrected chi connectivity index (χ0v) is 11.2. The lowest BCUT2D eigenvalue weighted by atomic mass is 10.2. The van der Waals surface area contributed by atoms with Crippen molar-refractivity contribution in [2.75, 3.05) is 46.4 Å². The number of aliphatic hydroxyl groups is 1. The number of aromatic nitrogens is 1. The van der Waals surface area contributed by atoms with Crippen LogP contribution in [0, 0.1) is 0 Å². The molecule has 0 spiro atoms. The third kappa shape index (κ3) is 4.05. The summed E-state index contributed by atoms with van der Waals surface area (Å²) in [7, 11) is 1.71. The molecular weight excluding hydrogens is 246 g/mol. The number of H-pyrrole nitrogens is 1. The van der Waals surface area contributed by atoms with E-state index in [0.29, 0.717) is 31.9 Å². The van der Waals surface area contributed by atoms with Gasteiger partial charge in [0.1, 0.15) is 0 Å². The van der Waals surface area contributed by atoms with E-state index in [-0.39, 0.29) is 5.91 Å². The molecule has 1 fully saturated rings. The monoisotopic (exact) mass is 267 g/mol. The third-order valence-electron chi connectivity index (χ3n) is 3.25. The van der Waals surface area contributed by atoms with Crippen LogP contribution >= 0.6 is 0 Å². The number of amides is 1. The number of rotatable bonds is 5. The molecule has 2 heterocycles. The third-order valence-corrected chi connectivity index (χ3v) is 3.25. The number of carbonyl (C=O) groups excluding carboxylic acids is 1. The van der Waals surface area contributed by atoms with Crippen LogP contribution in [0.1, 0.15) is 10.4 Å². The van der Waals surface area contributed by atoms with E-state index in [4.69, 9.17) is 4.74 Å². The fourth-order valence-electron chi connectivity index (χ4n) is 2.22. The van der Waals surface area contributed by atoms with Gasteiger partial charge in [0.2, 0.25) is 0 Å². The van der Waals surface area contributed by atoms with Crippen molar-refractivity contribution in [3.05, 3.63) is 24.0 Å².